The number of nitrogens with one attached hydrogen (secondary N) is 1. The Morgan fingerprint density at radius 2 is 1.52 bits per heavy atom. The van der Waals surface area contributed by atoms with E-state index in [1.54, 1.807) is 0 Å². The Hall–Kier alpha value is -2.87. The molecule has 3 aromatic carbocycles. The molecule has 0 amide bonds. The highest BCUT2D eigenvalue weighted by molar-refractivity contribution is 6.18. The number of hydrogen-bond donors (Lipinski definition) is 1. The molecule has 0 aliphatic carbocycles. The van der Waals surface area contributed by atoms with Gasteiger partial charge in [0, 0.05) is 27.7 Å². The lowest BCUT2D eigenvalue weighted by Gasteiger charge is -2.06. The molecule has 2 nitrogen and oxygen atoms in total. The van der Waals surface area contributed by atoms with Crippen molar-refractivity contribution in [3.8, 4) is 0 Å². The predicted octanol–water partition coefficient (Wildman–Crippen LogP) is 5.02. The van der Waals surface area contributed by atoms with Crippen molar-refractivity contribution >= 4 is 43.5 Å². The summed E-state index contributed by atoms with van der Waals surface area (Å²) in [6.07, 6.45) is 1.99. The fourth-order valence-corrected chi connectivity index (χ4v) is 3.18. The van der Waals surface area contributed by atoms with Crippen LogP contribution in [-0.2, 0) is 0 Å². The first-order valence-electron chi connectivity index (χ1n) is 7.08. The monoisotopic (exact) mass is 268 g/mol. The molecular formula is C19H12N2. The minimum absolute atomic E-state index is 1.04. The van der Waals surface area contributed by atoms with Crippen molar-refractivity contribution in [3.63, 3.8) is 0 Å². The molecule has 0 radical (unpaired) electrons. The van der Waals surface area contributed by atoms with Gasteiger partial charge in [-0.25, -0.2) is 4.98 Å². The first-order chi connectivity index (χ1) is 10.4. The van der Waals surface area contributed by atoms with E-state index in [-0.39, 0.29) is 0 Å². The summed E-state index contributed by atoms with van der Waals surface area (Å²) in [7, 11) is 0. The Kier molecular flexibility index (Phi) is 1.98. The van der Waals surface area contributed by atoms with Gasteiger partial charge in [-0.15, -0.1) is 0 Å². The van der Waals surface area contributed by atoms with Gasteiger partial charge < -0.3 is 4.98 Å². The maximum Gasteiger partial charge on any atom is 0.0809 e. The summed E-state index contributed by atoms with van der Waals surface area (Å²) in [5, 5.41) is 6.03. The normalized spacial score (nSPS) is 11.8. The van der Waals surface area contributed by atoms with E-state index < -0.39 is 0 Å². The van der Waals surface area contributed by atoms with Gasteiger partial charge in [0.1, 0.15) is 0 Å². The molecule has 1 N–H and O–H groups in total. The molecule has 5 aromatic rings. The van der Waals surface area contributed by atoms with Crippen molar-refractivity contribution in [2.24, 2.45) is 0 Å². The summed E-state index contributed by atoms with van der Waals surface area (Å²) in [4.78, 5) is 8.28. The zero-order valence-electron chi connectivity index (χ0n) is 11.3. The first kappa shape index (κ1) is 10.9. The topological polar surface area (TPSA) is 28.7 Å². The van der Waals surface area contributed by atoms with Gasteiger partial charge in [-0.1, -0.05) is 42.5 Å². The fourth-order valence-electron chi connectivity index (χ4n) is 3.18. The number of hydrogen-bond acceptors (Lipinski definition) is 1. The molecule has 2 heterocycles. The molecule has 0 aliphatic rings. The van der Waals surface area contributed by atoms with Gasteiger partial charge >= 0.3 is 0 Å². The van der Waals surface area contributed by atoms with E-state index in [1.165, 1.54) is 32.4 Å². The highest BCUT2D eigenvalue weighted by atomic mass is 14.7. The second kappa shape index (κ2) is 3.83. The van der Waals surface area contributed by atoms with Gasteiger partial charge in [0.15, 0.2) is 0 Å². The number of fused-ring (bicyclic) bond motifs is 6. The number of pyridine rings is 1. The number of rotatable bonds is 0. The zero-order chi connectivity index (χ0) is 13.8. The van der Waals surface area contributed by atoms with E-state index in [1.807, 2.05) is 12.3 Å². The third kappa shape index (κ3) is 1.44. The van der Waals surface area contributed by atoms with Crippen LogP contribution in [0.1, 0.15) is 0 Å². The Morgan fingerprint density at radius 3 is 2.48 bits per heavy atom. The smallest absolute Gasteiger partial charge is 0.0809 e. The van der Waals surface area contributed by atoms with Gasteiger partial charge in [-0.2, -0.15) is 0 Å². The summed E-state index contributed by atoms with van der Waals surface area (Å²) < 4.78 is 0. The molecule has 0 atom stereocenters. The van der Waals surface area contributed by atoms with Gasteiger partial charge in [-0.3, -0.25) is 0 Å². The van der Waals surface area contributed by atoms with Crippen molar-refractivity contribution in [2.45, 2.75) is 0 Å². The van der Waals surface area contributed by atoms with E-state index in [9.17, 15) is 0 Å². The van der Waals surface area contributed by atoms with Crippen LogP contribution < -0.4 is 0 Å². The molecule has 21 heavy (non-hydrogen) atoms. The fraction of sp³-hybridized carbons (Fsp3) is 0. The average molecular weight is 268 g/mol. The van der Waals surface area contributed by atoms with E-state index in [4.69, 9.17) is 4.98 Å². The van der Waals surface area contributed by atoms with Crippen molar-refractivity contribution in [3.05, 3.63) is 66.9 Å². The summed E-state index contributed by atoms with van der Waals surface area (Å²) in [5.74, 6) is 0. The molecule has 0 unspecified atom stereocenters. The standard InChI is InChI=1S/C19H12N2/c1-2-4-16-14(3-1)11-15-8-6-12-5-7-13-9-10-20-18(13)17(12)19(15)21-16/h1-11,20H. The molecule has 2 aromatic heterocycles. The van der Waals surface area contributed by atoms with Crippen molar-refractivity contribution < 1.29 is 0 Å². The van der Waals surface area contributed by atoms with Crippen molar-refractivity contribution in [1.29, 1.82) is 0 Å². The molecular weight excluding hydrogens is 256 g/mol. The van der Waals surface area contributed by atoms with Gasteiger partial charge in [0.25, 0.3) is 0 Å². The molecule has 0 saturated heterocycles. The third-order valence-electron chi connectivity index (χ3n) is 4.19. The van der Waals surface area contributed by atoms with E-state index in [2.05, 4.69) is 59.6 Å². The van der Waals surface area contributed by atoms with Gasteiger partial charge in [0.05, 0.1) is 16.6 Å². The lowest BCUT2D eigenvalue weighted by molar-refractivity contribution is 1.48. The number of aromatic amines is 1. The van der Waals surface area contributed by atoms with Crippen molar-refractivity contribution in [2.75, 3.05) is 0 Å². The van der Waals surface area contributed by atoms with Gasteiger partial charge in [0.2, 0.25) is 0 Å². The number of benzene rings is 3. The van der Waals surface area contributed by atoms with Crippen LogP contribution in [0.3, 0.4) is 0 Å². The summed E-state index contributed by atoms with van der Waals surface area (Å²) in [6, 6.07) is 21.3. The lowest BCUT2D eigenvalue weighted by atomic mass is 10.0. The van der Waals surface area contributed by atoms with Crippen LogP contribution in [0.2, 0.25) is 0 Å². The molecule has 0 aliphatic heterocycles. The predicted molar refractivity (Wildman–Crippen MR) is 88.6 cm³/mol. The van der Waals surface area contributed by atoms with Crippen LogP contribution in [0.25, 0.3) is 43.5 Å². The summed E-state index contributed by atoms with van der Waals surface area (Å²) >= 11 is 0. The van der Waals surface area contributed by atoms with E-state index >= 15 is 0 Å². The van der Waals surface area contributed by atoms with Crippen LogP contribution >= 0.6 is 0 Å². The molecule has 2 heteroatoms. The van der Waals surface area contributed by atoms with Crippen LogP contribution in [0.5, 0.6) is 0 Å². The van der Waals surface area contributed by atoms with Crippen LogP contribution in [0.4, 0.5) is 0 Å². The number of para-hydroxylation sites is 1. The second-order valence-electron chi connectivity index (χ2n) is 5.42. The largest absolute Gasteiger partial charge is 0.361 e. The number of H-pyrrole nitrogens is 1. The Labute approximate surface area is 121 Å². The third-order valence-corrected chi connectivity index (χ3v) is 4.19. The minimum atomic E-state index is 1.04. The van der Waals surface area contributed by atoms with Crippen LogP contribution in [0, 0.1) is 0 Å². The lowest BCUT2D eigenvalue weighted by Crippen LogP contribution is -1.85. The highest BCUT2D eigenvalue weighted by Gasteiger charge is 2.08. The Morgan fingerprint density at radius 1 is 0.714 bits per heavy atom. The second-order valence-corrected chi connectivity index (χ2v) is 5.42. The van der Waals surface area contributed by atoms with Crippen molar-refractivity contribution in [1.82, 2.24) is 9.97 Å². The number of nitrogens with zero attached hydrogens (tertiary/aromatic N) is 1. The minimum Gasteiger partial charge on any atom is -0.361 e. The Bertz CT molecular complexity index is 1140. The molecule has 0 saturated carbocycles. The number of aromatic nitrogens is 2. The molecule has 5 rings (SSSR count). The maximum atomic E-state index is 4.92. The molecule has 0 bridgehead atoms. The summed E-state index contributed by atoms with van der Waals surface area (Å²) in [6.45, 7) is 0. The maximum absolute atomic E-state index is 4.92. The Balaban J connectivity index is 2.11. The van der Waals surface area contributed by atoms with E-state index in [0.29, 0.717) is 0 Å². The molecule has 98 valence electrons. The van der Waals surface area contributed by atoms with Crippen LogP contribution in [-0.4, -0.2) is 9.97 Å². The van der Waals surface area contributed by atoms with Crippen LogP contribution in [0.15, 0.2) is 66.9 Å². The summed E-state index contributed by atoms with van der Waals surface area (Å²) in [5.41, 5.74) is 3.28. The van der Waals surface area contributed by atoms with Gasteiger partial charge in [-0.05, 0) is 23.6 Å². The zero-order valence-corrected chi connectivity index (χ0v) is 11.3. The highest BCUT2D eigenvalue weighted by Crippen LogP contribution is 2.31. The van der Waals surface area contributed by atoms with E-state index in [0.717, 1.165) is 11.0 Å². The SMILES string of the molecule is c1ccc2nc3c(ccc4ccc5cc[nH]c5c43)cc2c1. The first-order valence-corrected chi connectivity index (χ1v) is 7.08. The molecule has 0 fully saturated rings. The average Bonchev–Trinajstić information content (AvgIpc) is 3.01. The molecule has 0 spiro atoms. The quantitative estimate of drug-likeness (QED) is 0.310.